The molecule has 2 rings (SSSR count). The number of anilines is 1. The van der Waals surface area contributed by atoms with Crippen molar-refractivity contribution in [2.45, 2.75) is 52.7 Å². The summed E-state index contributed by atoms with van der Waals surface area (Å²) in [5, 5.41) is 0. The zero-order valence-corrected chi connectivity index (χ0v) is 15.3. The van der Waals surface area contributed by atoms with Crippen molar-refractivity contribution < 1.29 is 14.3 Å². The van der Waals surface area contributed by atoms with E-state index in [2.05, 4.69) is 28.7 Å². The van der Waals surface area contributed by atoms with Gasteiger partial charge in [-0.2, -0.15) is 0 Å². The molecule has 7 heteroatoms. The van der Waals surface area contributed by atoms with Gasteiger partial charge < -0.3 is 19.3 Å². The quantitative estimate of drug-likeness (QED) is 0.823. The number of nitrogens with zero attached hydrogens (tertiary/aromatic N) is 4. The van der Waals surface area contributed by atoms with Crippen LogP contribution in [0.1, 0.15) is 41.0 Å². The predicted octanol–water partition coefficient (Wildman–Crippen LogP) is 2.71. The molecule has 1 aromatic rings. The van der Waals surface area contributed by atoms with Crippen molar-refractivity contribution in [1.29, 1.82) is 0 Å². The summed E-state index contributed by atoms with van der Waals surface area (Å²) in [7, 11) is 0. The van der Waals surface area contributed by atoms with Crippen LogP contribution >= 0.6 is 0 Å². The minimum atomic E-state index is -0.485. The van der Waals surface area contributed by atoms with Crippen molar-refractivity contribution in [1.82, 2.24) is 14.9 Å². The van der Waals surface area contributed by atoms with Crippen LogP contribution in [0.15, 0.2) is 12.4 Å². The summed E-state index contributed by atoms with van der Waals surface area (Å²) in [5.41, 5.74) is -0.485. The predicted molar refractivity (Wildman–Crippen MR) is 92.4 cm³/mol. The van der Waals surface area contributed by atoms with Gasteiger partial charge >= 0.3 is 6.09 Å². The Hall–Kier alpha value is -2.05. The van der Waals surface area contributed by atoms with Crippen molar-refractivity contribution in [3.63, 3.8) is 0 Å². The van der Waals surface area contributed by atoms with Crippen LogP contribution in [0.4, 0.5) is 10.6 Å². The van der Waals surface area contributed by atoms with E-state index in [9.17, 15) is 4.79 Å². The van der Waals surface area contributed by atoms with E-state index in [-0.39, 0.29) is 12.2 Å². The standard InChI is InChI=1S/C17H28N4O3/c1-6-20(7-2)14-10-15(19-12-18-14)23-13-8-9-21(11-13)16(22)24-17(3,4)5/h10,12-13H,6-9,11H2,1-5H3. The molecular weight excluding hydrogens is 308 g/mol. The third-order valence-corrected chi connectivity index (χ3v) is 3.80. The van der Waals surface area contributed by atoms with Crippen LogP contribution in [0.5, 0.6) is 5.88 Å². The molecule has 1 atom stereocenters. The fraction of sp³-hybridized carbons (Fsp3) is 0.706. The van der Waals surface area contributed by atoms with Crippen LogP contribution in [0.25, 0.3) is 0 Å². The van der Waals surface area contributed by atoms with Gasteiger partial charge in [0.05, 0.1) is 6.54 Å². The molecule has 1 amide bonds. The molecule has 1 aliphatic rings. The smallest absolute Gasteiger partial charge is 0.410 e. The third-order valence-electron chi connectivity index (χ3n) is 3.80. The van der Waals surface area contributed by atoms with Gasteiger partial charge in [0.2, 0.25) is 5.88 Å². The van der Waals surface area contributed by atoms with Crippen molar-refractivity contribution >= 4 is 11.9 Å². The van der Waals surface area contributed by atoms with E-state index in [4.69, 9.17) is 9.47 Å². The molecule has 2 heterocycles. The summed E-state index contributed by atoms with van der Waals surface area (Å²) in [5.74, 6) is 1.40. The van der Waals surface area contributed by atoms with Crippen molar-refractivity contribution in [2.75, 3.05) is 31.1 Å². The Balaban J connectivity index is 1.94. The number of carbonyl (C=O) groups is 1. The Bertz CT molecular complexity index is 555. The monoisotopic (exact) mass is 336 g/mol. The van der Waals surface area contributed by atoms with E-state index in [1.54, 1.807) is 4.90 Å². The van der Waals surface area contributed by atoms with Crippen LogP contribution in [-0.2, 0) is 4.74 Å². The van der Waals surface area contributed by atoms with Crippen LogP contribution in [0.2, 0.25) is 0 Å². The summed E-state index contributed by atoms with van der Waals surface area (Å²) in [6, 6.07) is 1.85. The molecule has 0 bridgehead atoms. The molecule has 0 spiro atoms. The van der Waals surface area contributed by atoms with E-state index in [0.29, 0.717) is 19.0 Å². The van der Waals surface area contributed by atoms with E-state index in [1.807, 2.05) is 26.8 Å². The lowest BCUT2D eigenvalue weighted by molar-refractivity contribution is 0.0275. The van der Waals surface area contributed by atoms with Gasteiger partial charge in [-0.3, -0.25) is 0 Å². The molecule has 1 aromatic heterocycles. The highest BCUT2D eigenvalue weighted by atomic mass is 16.6. The van der Waals surface area contributed by atoms with Crippen molar-refractivity contribution in [3.8, 4) is 5.88 Å². The SMILES string of the molecule is CCN(CC)c1cc(OC2CCN(C(=O)OC(C)(C)C)C2)ncn1. The maximum atomic E-state index is 12.1. The second-order valence-corrected chi connectivity index (χ2v) is 6.84. The van der Waals surface area contributed by atoms with Gasteiger partial charge in [0.25, 0.3) is 0 Å². The van der Waals surface area contributed by atoms with Gasteiger partial charge in [0.1, 0.15) is 23.9 Å². The second kappa shape index (κ2) is 7.68. The number of rotatable bonds is 5. The first-order chi connectivity index (χ1) is 11.3. The Morgan fingerprint density at radius 1 is 1.33 bits per heavy atom. The van der Waals surface area contributed by atoms with Crippen molar-refractivity contribution in [2.24, 2.45) is 0 Å². The normalized spacial score (nSPS) is 17.7. The van der Waals surface area contributed by atoms with Gasteiger partial charge in [-0.15, -0.1) is 0 Å². The Morgan fingerprint density at radius 3 is 2.67 bits per heavy atom. The highest BCUT2D eigenvalue weighted by molar-refractivity contribution is 5.68. The minimum Gasteiger partial charge on any atom is -0.472 e. The number of hydrogen-bond donors (Lipinski definition) is 0. The Labute approximate surface area is 144 Å². The molecule has 0 saturated carbocycles. The largest absolute Gasteiger partial charge is 0.472 e. The average Bonchev–Trinajstić information content (AvgIpc) is 2.96. The van der Waals surface area contributed by atoms with Gasteiger partial charge in [0, 0.05) is 32.1 Å². The molecule has 0 N–H and O–H groups in total. The first-order valence-electron chi connectivity index (χ1n) is 8.54. The van der Waals surface area contributed by atoms with Crippen LogP contribution in [0, 0.1) is 0 Å². The summed E-state index contributed by atoms with van der Waals surface area (Å²) in [4.78, 5) is 24.4. The topological polar surface area (TPSA) is 67.8 Å². The molecule has 1 fully saturated rings. The molecule has 0 aromatic carbocycles. The Morgan fingerprint density at radius 2 is 2.04 bits per heavy atom. The van der Waals surface area contributed by atoms with Gasteiger partial charge in [0.15, 0.2) is 0 Å². The summed E-state index contributed by atoms with van der Waals surface area (Å²) in [6.07, 6.45) is 1.92. The van der Waals surface area contributed by atoms with Gasteiger partial charge in [-0.1, -0.05) is 0 Å². The molecule has 1 saturated heterocycles. The Kier molecular flexibility index (Phi) is 5.85. The molecular formula is C17H28N4O3. The number of likely N-dealkylation sites (tertiary alicyclic amines) is 1. The van der Waals surface area contributed by atoms with E-state index >= 15 is 0 Å². The molecule has 1 aliphatic heterocycles. The first-order valence-corrected chi connectivity index (χ1v) is 8.54. The summed E-state index contributed by atoms with van der Waals surface area (Å²) < 4.78 is 11.3. The minimum absolute atomic E-state index is 0.0722. The summed E-state index contributed by atoms with van der Waals surface area (Å²) in [6.45, 7) is 12.7. The van der Waals surface area contributed by atoms with Gasteiger partial charge in [-0.25, -0.2) is 14.8 Å². The second-order valence-electron chi connectivity index (χ2n) is 6.84. The fourth-order valence-corrected chi connectivity index (χ4v) is 2.60. The number of aromatic nitrogens is 2. The van der Waals surface area contributed by atoms with Crippen LogP contribution < -0.4 is 9.64 Å². The molecule has 0 aliphatic carbocycles. The lowest BCUT2D eigenvalue weighted by Crippen LogP contribution is -2.36. The van der Waals surface area contributed by atoms with Crippen LogP contribution in [-0.4, -0.2) is 58.8 Å². The third kappa shape index (κ3) is 4.97. The number of amides is 1. The molecule has 134 valence electrons. The van der Waals surface area contributed by atoms with Crippen molar-refractivity contribution in [3.05, 3.63) is 12.4 Å². The maximum Gasteiger partial charge on any atom is 0.410 e. The zero-order chi connectivity index (χ0) is 17.7. The maximum absolute atomic E-state index is 12.1. The highest BCUT2D eigenvalue weighted by Crippen LogP contribution is 2.21. The lowest BCUT2D eigenvalue weighted by atomic mass is 10.2. The van der Waals surface area contributed by atoms with Crippen LogP contribution in [0.3, 0.4) is 0 Å². The number of ether oxygens (including phenoxy) is 2. The van der Waals surface area contributed by atoms with E-state index in [1.165, 1.54) is 6.33 Å². The molecule has 7 nitrogen and oxygen atoms in total. The zero-order valence-electron chi connectivity index (χ0n) is 15.3. The van der Waals surface area contributed by atoms with Gasteiger partial charge in [-0.05, 0) is 34.6 Å². The van der Waals surface area contributed by atoms with E-state index < -0.39 is 5.60 Å². The first kappa shape index (κ1) is 18.3. The molecule has 0 radical (unpaired) electrons. The fourth-order valence-electron chi connectivity index (χ4n) is 2.60. The highest BCUT2D eigenvalue weighted by Gasteiger charge is 2.31. The number of carbonyl (C=O) groups excluding carboxylic acids is 1. The van der Waals surface area contributed by atoms with E-state index in [0.717, 1.165) is 25.3 Å². The number of hydrogen-bond acceptors (Lipinski definition) is 6. The lowest BCUT2D eigenvalue weighted by Gasteiger charge is -2.24. The summed E-state index contributed by atoms with van der Waals surface area (Å²) >= 11 is 0. The molecule has 1 unspecified atom stereocenters. The average molecular weight is 336 g/mol. The molecule has 24 heavy (non-hydrogen) atoms.